The first kappa shape index (κ1) is 13.5. The van der Waals surface area contributed by atoms with Gasteiger partial charge in [0.2, 0.25) is 0 Å². The first-order valence-corrected chi connectivity index (χ1v) is 5.72. The SMILES string of the molecule is O=C(N[C@@H](Cc1cnc[nH]1)C(=O)O)c1ccncc1O. The largest absolute Gasteiger partial charge is 0.505 e. The Morgan fingerprint density at radius 1 is 1.35 bits per heavy atom. The number of pyridine rings is 1. The predicted octanol–water partition coefficient (Wildman–Crippen LogP) is -0.0640. The Morgan fingerprint density at radius 2 is 2.15 bits per heavy atom. The maximum Gasteiger partial charge on any atom is 0.326 e. The topological polar surface area (TPSA) is 128 Å². The van der Waals surface area contributed by atoms with Crippen molar-refractivity contribution in [1.29, 1.82) is 0 Å². The van der Waals surface area contributed by atoms with Gasteiger partial charge in [-0.3, -0.25) is 9.78 Å². The molecule has 8 heteroatoms. The molecule has 0 unspecified atom stereocenters. The van der Waals surface area contributed by atoms with Gasteiger partial charge >= 0.3 is 5.97 Å². The Balaban J connectivity index is 2.10. The molecule has 0 aromatic carbocycles. The van der Waals surface area contributed by atoms with Crippen LogP contribution in [0.1, 0.15) is 16.1 Å². The van der Waals surface area contributed by atoms with E-state index in [4.69, 9.17) is 5.11 Å². The van der Waals surface area contributed by atoms with Crippen LogP contribution in [-0.2, 0) is 11.2 Å². The molecule has 0 fully saturated rings. The highest BCUT2D eigenvalue weighted by molar-refractivity contribution is 5.98. The van der Waals surface area contributed by atoms with Crippen molar-refractivity contribution in [1.82, 2.24) is 20.3 Å². The van der Waals surface area contributed by atoms with Crippen LogP contribution in [0, 0.1) is 0 Å². The number of nitrogens with one attached hydrogen (secondary N) is 2. The van der Waals surface area contributed by atoms with Gasteiger partial charge in [0.05, 0.1) is 18.1 Å². The summed E-state index contributed by atoms with van der Waals surface area (Å²) < 4.78 is 0. The van der Waals surface area contributed by atoms with E-state index in [1.165, 1.54) is 24.8 Å². The minimum atomic E-state index is -1.18. The minimum Gasteiger partial charge on any atom is -0.505 e. The molecule has 2 rings (SSSR count). The standard InChI is InChI=1S/C12H12N4O4/c17-10-5-13-2-1-8(10)11(18)16-9(12(19)20)3-7-4-14-6-15-7/h1-2,4-6,9,17H,3H2,(H,14,15)(H,16,18)(H,19,20)/t9-/m0/s1. The minimum absolute atomic E-state index is 0.0316. The summed E-state index contributed by atoms with van der Waals surface area (Å²) in [5, 5.41) is 21.0. The summed E-state index contributed by atoms with van der Waals surface area (Å²) in [6.45, 7) is 0. The van der Waals surface area contributed by atoms with E-state index in [9.17, 15) is 14.7 Å². The molecule has 0 radical (unpaired) electrons. The molecule has 0 aliphatic heterocycles. The number of aliphatic carboxylic acids is 1. The molecule has 0 aliphatic rings. The number of hydrogen-bond donors (Lipinski definition) is 4. The van der Waals surface area contributed by atoms with Crippen LogP contribution in [-0.4, -0.2) is 43.1 Å². The van der Waals surface area contributed by atoms with E-state index in [2.05, 4.69) is 20.3 Å². The van der Waals surface area contributed by atoms with Gasteiger partial charge in [-0.1, -0.05) is 0 Å². The number of aromatic amines is 1. The zero-order valence-corrected chi connectivity index (χ0v) is 10.3. The number of carboxylic acids is 1. The number of imidazole rings is 1. The Morgan fingerprint density at radius 3 is 2.75 bits per heavy atom. The summed E-state index contributed by atoms with van der Waals surface area (Å²) in [4.78, 5) is 33.3. The molecule has 2 aromatic heterocycles. The van der Waals surface area contributed by atoms with Gasteiger partial charge in [0.1, 0.15) is 11.8 Å². The van der Waals surface area contributed by atoms with Crippen LogP contribution in [0.3, 0.4) is 0 Å². The normalized spacial score (nSPS) is 11.8. The second kappa shape index (κ2) is 5.83. The molecule has 104 valence electrons. The maximum absolute atomic E-state index is 11.9. The fourth-order valence-corrected chi connectivity index (χ4v) is 1.63. The highest BCUT2D eigenvalue weighted by atomic mass is 16.4. The van der Waals surface area contributed by atoms with Crippen molar-refractivity contribution < 1.29 is 19.8 Å². The number of amides is 1. The van der Waals surface area contributed by atoms with E-state index >= 15 is 0 Å². The van der Waals surface area contributed by atoms with Gasteiger partial charge < -0.3 is 20.5 Å². The fraction of sp³-hybridized carbons (Fsp3) is 0.167. The monoisotopic (exact) mass is 276 g/mol. The second-order valence-electron chi connectivity index (χ2n) is 4.04. The molecular weight excluding hydrogens is 264 g/mol. The third-order valence-corrected chi connectivity index (χ3v) is 2.63. The number of carboxylic acid groups (broad SMARTS) is 1. The average molecular weight is 276 g/mol. The molecule has 0 aliphatic carbocycles. The lowest BCUT2D eigenvalue weighted by molar-refractivity contribution is -0.139. The smallest absolute Gasteiger partial charge is 0.326 e. The van der Waals surface area contributed by atoms with E-state index in [0.717, 1.165) is 6.20 Å². The van der Waals surface area contributed by atoms with Crippen molar-refractivity contribution in [3.05, 3.63) is 42.2 Å². The van der Waals surface area contributed by atoms with E-state index < -0.39 is 17.9 Å². The van der Waals surface area contributed by atoms with Gasteiger partial charge in [-0.2, -0.15) is 0 Å². The van der Waals surface area contributed by atoms with Crippen LogP contribution in [0.15, 0.2) is 31.0 Å². The van der Waals surface area contributed by atoms with Crippen molar-refractivity contribution in [3.8, 4) is 5.75 Å². The summed E-state index contributed by atoms with van der Waals surface area (Å²) in [5.41, 5.74) is 0.549. The lowest BCUT2D eigenvalue weighted by atomic mass is 10.1. The van der Waals surface area contributed by atoms with Gasteiger partial charge in [0.15, 0.2) is 0 Å². The predicted molar refractivity (Wildman–Crippen MR) is 67.1 cm³/mol. The molecule has 4 N–H and O–H groups in total. The van der Waals surface area contributed by atoms with Crippen molar-refractivity contribution in [2.45, 2.75) is 12.5 Å². The summed E-state index contributed by atoms with van der Waals surface area (Å²) in [6, 6.07) is 0.176. The van der Waals surface area contributed by atoms with Crippen molar-refractivity contribution >= 4 is 11.9 Å². The van der Waals surface area contributed by atoms with Crippen LogP contribution in [0.2, 0.25) is 0 Å². The highest BCUT2D eigenvalue weighted by Crippen LogP contribution is 2.14. The summed E-state index contributed by atoms with van der Waals surface area (Å²) in [7, 11) is 0. The molecule has 0 spiro atoms. The molecular formula is C12H12N4O4. The number of carbonyl (C=O) groups excluding carboxylic acids is 1. The van der Waals surface area contributed by atoms with Crippen LogP contribution in [0.4, 0.5) is 0 Å². The van der Waals surface area contributed by atoms with Gasteiger partial charge in [-0.25, -0.2) is 9.78 Å². The van der Waals surface area contributed by atoms with E-state index in [-0.39, 0.29) is 17.7 Å². The van der Waals surface area contributed by atoms with Gasteiger partial charge in [-0.05, 0) is 6.07 Å². The zero-order chi connectivity index (χ0) is 14.5. The van der Waals surface area contributed by atoms with Gasteiger partial charge in [0, 0.05) is 24.5 Å². The van der Waals surface area contributed by atoms with Crippen LogP contribution in [0.5, 0.6) is 5.75 Å². The Kier molecular flexibility index (Phi) is 3.94. The number of carbonyl (C=O) groups is 2. The fourth-order valence-electron chi connectivity index (χ4n) is 1.63. The molecule has 1 amide bonds. The Labute approximate surface area is 113 Å². The number of rotatable bonds is 5. The summed E-state index contributed by atoms with van der Waals surface area (Å²) in [6.07, 6.45) is 5.41. The number of aromatic nitrogens is 3. The molecule has 0 saturated heterocycles. The Bertz CT molecular complexity index is 612. The van der Waals surface area contributed by atoms with Crippen LogP contribution >= 0.6 is 0 Å². The quantitative estimate of drug-likeness (QED) is 0.605. The number of H-pyrrole nitrogens is 1. The average Bonchev–Trinajstić information content (AvgIpc) is 2.91. The maximum atomic E-state index is 11.9. The molecule has 2 heterocycles. The zero-order valence-electron chi connectivity index (χ0n) is 10.3. The molecule has 2 aromatic rings. The van der Waals surface area contributed by atoms with E-state index in [1.54, 1.807) is 0 Å². The lowest BCUT2D eigenvalue weighted by Crippen LogP contribution is -2.42. The number of aromatic hydroxyl groups is 1. The van der Waals surface area contributed by atoms with Gasteiger partial charge in [-0.15, -0.1) is 0 Å². The summed E-state index contributed by atoms with van der Waals surface area (Å²) in [5.74, 6) is -2.17. The van der Waals surface area contributed by atoms with Gasteiger partial charge in [0.25, 0.3) is 5.91 Å². The lowest BCUT2D eigenvalue weighted by Gasteiger charge is -2.14. The molecule has 1 atom stereocenters. The van der Waals surface area contributed by atoms with Crippen LogP contribution in [0.25, 0.3) is 0 Å². The summed E-state index contributed by atoms with van der Waals surface area (Å²) >= 11 is 0. The van der Waals surface area contributed by atoms with Crippen molar-refractivity contribution in [2.75, 3.05) is 0 Å². The van der Waals surface area contributed by atoms with Crippen molar-refractivity contribution in [2.24, 2.45) is 0 Å². The second-order valence-corrected chi connectivity index (χ2v) is 4.04. The van der Waals surface area contributed by atoms with E-state index in [0.29, 0.717) is 5.69 Å². The molecule has 0 saturated carbocycles. The first-order valence-electron chi connectivity index (χ1n) is 5.72. The number of nitrogens with zero attached hydrogens (tertiary/aromatic N) is 2. The van der Waals surface area contributed by atoms with Crippen molar-refractivity contribution in [3.63, 3.8) is 0 Å². The highest BCUT2D eigenvalue weighted by Gasteiger charge is 2.22. The van der Waals surface area contributed by atoms with Crippen LogP contribution < -0.4 is 5.32 Å². The molecule has 0 bridgehead atoms. The first-order chi connectivity index (χ1) is 9.58. The molecule has 8 nitrogen and oxygen atoms in total. The molecule has 20 heavy (non-hydrogen) atoms. The third-order valence-electron chi connectivity index (χ3n) is 2.63. The third kappa shape index (κ3) is 3.10. The Hall–Kier alpha value is -2.90. The number of hydrogen-bond acceptors (Lipinski definition) is 5. The van der Waals surface area contributed by atoms with E-state index in [1.807, 2.05) is 0 Å².